The molecule has 0 spiro atoms. The fourth-order valence-corrected chi connectivity index (χ4v) is 2.66. The summed E-state index contributed by atoms with van der Waals surface area (Å²) in [6, 6.07) is 8.03. The van der Waals surface area contributed by atoms with Crippen molar-refractivity contribution in [3.05, 3.63) is 42.1 Å². The van der Waals surface area contributed by atoms with Crippen molar-refractivity contribution in [1.29, 1.82) is 0 Å². The molecule has 0 radical (unpaired) electrons. The zero-order valence-electron chi connectivity index (χ0n) is 11.7. The molecule has 1 aromatic heterocycles. The van der Waals surface area contributed by atoms with Crippen LogP contribution in [0.5, 0.6) is 11.5 Å². The van der Waals surface area contributed by atoms with E-state index in [4.69, 9.17) is 4.74 Å². The molecule has 0 unspecified atom stereocenters. The number of anilines is 1. The average molecular weight is 308 g/mol. The molecular weight excluding hydrogens is 292 g/mol. The first-order chi connectivity index (χ1) is 9.91. The topological polar surface area (TPSA) is 88.5 Å². The Morgan fingerprint density at radius 1 is 1.33 bits per heavy atom. The van der Waals surface area contributed by atoms with Crippen LogP contribution in [0.1, 0.15) is 5.56 Å². The maximum absolute atomic E-state index is 11.7. The van der Waals surface area contributed by atoms with Gasteiger partial charge in [0, 0.05) is 19.0 Å². The van der Waals surface area contributed by atoms with Crippen LogP contribution in [0, 0.1) is 0 Å². The van der Waals surface area contributed by atoms with Crippen LogP contribution in [-0.4, -0.2) is 31.9 Å². The predicted molar refractivity (Wildman–Crippen MR) is 79.3 cm³/mol. The number of sulfone groups is 1. The molecule has 0 saturated heterocycles. The Balaban J connectivity index is 2.19. The molecule has 0 bridgehead atoms. The number of rotatable bonds is 5. The number of hydrogen-bond acceptors (Lipinski definition) is 6. The number of benzene rings is 1. The van der Waals surface area contributed by atoms with Gasteiger partial charge in [0.05, 0.1) is 7.11 Å². The van der Waals surface area contributed by atoms with Crippen molar-refractivity contribution in [3.63, 3.8) is 0 Å². The van der Waals surface area contributed by atoms with Crippen LogP contribution in [0.15, 0.2) is 41.4 Å². The van der Waals surface area contributed by atoms with E-state index in [1.807, 2.05) is 0 Å². The van der Waals surface area contributed by atoms with Gasteiger partial charge in [0.2, 0.25) is 0 Å². The fraction of sp³-hybridized carbons (Fsp3) is 0.214. The molecule has 0 atom stereocenters. The van der Waals surface area contributed by atoms with Crippen molar-refractivity contribution in [3.8, 4) is 11.5 Å². The molecule has 0 saturated carbocycles. The van der Waals surface area contributed by atoms with Crippen molar-refractivity contribution in [1.82, 2.24) is 4.98 Å². The number of nitrogens with one attached hydrogen (secondary N) is 1. The van der Waals surface area contributed by atoms with Gasteiger partial charge in [-0.05, 0) is 29.8 Å². The molecule has 6 nitrogen and oxygen atoms in total. The lowest BCUT2D eigenvalue weighted by Crippen LogP contribution is -2.07. The van der Waals surface area contributed by atoms with Gasteiger partial charge >= 0.3 is 0 Å². The number of hydrogen-bond donors (Lipinski definition) is 2. The SMILES string of the molecule is COc1ccc(CNc2ncccc2S(C)(=O)=O)cc1O. The predicted octanol–water partition coefficient (Wildman–Crippen LogP) is 1.81. The highest BCUT2D eigenvalue weighted by Gasteiger charge is 2.13. The molecule has 0 fully saturated rings. The van der Waals surface area contributed by atoms with Gasteiger partial charge in [-0.2, -0.15) is 0 Å². The standard InChI is InChI=1S/C14H16N2O4S/c1-20-12-6-5-10(8-11(12)17)9-16-14-13(21(2,18)19)4-3-7-15-14/h3-8,17H,9H2,1-2H3,(H,15,16). The Morgan fingerprint density at radius 3 is 2.71 bits per heavy atom. The van der Waals surface area contributed by atoms with E-state index in [0.717, 1.165) is 11.8 Å². The minimum Gasteiger partial charge on any atom is -0.504 e. The summed E-state index contributed by atoms with van der Waals surface area (Å²) in [4.78, 5) is 4.18. The average Bonchev–Trinajstić information content (AvgIpc) is 2.44. The summed E-state index contributed by atoms with van der Waals surface area (Å²) in [6.45, 7) is 0.330. The van der Waals surface area contributed by atoms with E-state index in [9.17, 15) is 13.5 Å². The van der Waals surface area contributed by atoms with Crippen molar-refractivity contribution >= 4 is 15.7 Å². The maximum atomic E-state index is 11.7. The van der Waals surface area contributed by atoms with Gasteiger partial charge in [-0.25, -0.2) is 13.4 Å². The minimum atomic E-state index is -3.35. The normalized spacial score (nSPS) is 11.1. The molecule has 1 aromatic carbocycles. The summed E-state index contributed by atoms with van der Waals surface area (Å²) in [5.41, 5.74) is 0.776. The zero-order valence-corrected chi connectivity index (χ0v) is 12.5. The van der Waals surface area contributed by atoms with E-state index >= 15 is 0 Å². The van der Waals surface area contributed by atoms with Crippen molar-refractivity contribution in [2.75, 3.05) is 18.7 Å². The molecule has 2 rings (SSSR count). The summed E-state index contributed by atoms with van der Waals surface area (Å²) in [5, 5.41) is 12.7. The van der Waals surface area contributed by atoms with Crippen LogP contribution in [0.4, 0.5) is 5.82 Å². The third-order valence-corrected chi connectivity index (χ3v) is 4.00. The first kappa shape index (κ1) is 15.1. The summed E-state index contributed by atoms with van der Waals surface area (Å²) in [5.74, 6) is 0.699. The minimum absolute atomic E-state index is 0.0288. The van der Waals surface area contributed by atoms with Crippen LogP contribution in [0.3, 0.4) is 0 Å². The highest BCUT2D eigenvalue weighted by Crippen LogP contribution is 2.27. The smallest absolute Gasteiger partial charge is 0.179 e. The molecule has 0 aliphatic carbocycles. The fourth-order valence-electron chi connectivity index (χ4n) is 1.85. The molecule has 2 N–H and O–H groups in total. The van der Waals surface area contributed by atoms with Crippen LogP contribution >= 0.6 is 0 Å². The third kappa shape index (κ3) is 3.63. The Morgan fingerprint density at radius 2 is 2.10 bits per heavy atom. The second kappa shape index (κ2) is 6.01. The number of aromatic hydroxyl groups is 1. The van der Waals surface area contributed by atoms with Crippen LogP contribution < -0.4 is 10.1 Å². The molecule has 2 aromatic rings. The Hall–Kier alpha value is -2.28. The van der Waals surface area contributed by atoms with Crippen molar-refractivity contribution in [2.24, 2.45) is 0 Å². The van der Waals surface area contributed by atoms with Gasteiger partial charge < -0.3 is 15.2 Å². The number of methoxy groups -OCH3 is 1. The molecule has 7 heteroatoms. The number of aromatic nitrogens is 1. The molecule has 21 heavy (non-hydrogen) atoms. The first-order valence-corrected chi connectivity index (χ1v) is 8.06. The van der Waals surface area contributed by atoms with Crippen molar-refractivity contribution < 1.29 is 18.3 Å². The zero-order chi connectivity index (χ0) is 15.5. The highest BCUT2D eigenvalue weighted by atomic mass is 32.2. The number of nitrogens with zero attached hydrogens (tertiary/aromatic N) is 1. The molecule has 0 aliphatic heterocycles. The molecular formula is C14H16N2O4S. The monoisotopic (exact) mass is 308 g/mol. The quantitative estimate of drug-likeness (QED) is 0.876. The van der Waals surface area contributed by atoms with Crippen LogP contribution in [0.2, 0.25) is 0 Å². The summed E-state index contributed by atoms with van der Waals surface area (Å²) in [6.07, 6.45) is 2.65. The molecule has 0 aliphatic rings. The number of ether oxygens (including phenoxy) is 1. The van der Waals surface area contributed by atoms with Crippen molar-refractivity contribution in [2.45, 2.75) is 11.4 Å². The summed E-state index contributed by atoms with van der Waals surface area (Å²) < 4.78 is 28.3. The summed E-state index contributed by atoms with van der Waals surface area (Å²) >= 11 is 0. The van der Waals surface area contributed by atoms with E-state index in [0.29, 0.717) is 12.3 Å². The van der Waals surface area contributed by atoms with E-state index in [2.05, 4.69) is 10.3 Å². The lowest BCUT2D eigenvalue weighted by Gasteiger charge is -2.10. The van der Waals surface area contributed by atoms with E-state index in [1.54, 1.807) is 24.3 Å². The van der Waals surface area contributed by atoms with E-state index in [-0.39, 0.29) is 16.5 Å². The van der Waals surface area contributed by atoms with Gasteiger partial charge in [-0.3, -0.25) is 0 Å². The number of pyridine rings is 1. The van der Waals surface area contributed by atoms with Gasteiger partial charge in [-0.15, -0.1) is 0 Å². The van der Waals surface area contributed by atoms with Gasteiger partial charge in [0.1, 0.15) is 10.7 Å². The van der Waals surface area contributed by atoms with Crippen LogP contribution in [0.25, 0.3) is 0 Å². The maximum Gasteiger partial charge on any atom is 0.179 e. The Kier molecular flexibility index (Phi) is 4.32. The van der Waals surface area contributed by atoms with Gasteiger partial charge in [0.15, 0.2) is 21.3 Å². The lowest BCUT2D eigenvalue weighted by atomic mass is 10.2. The molecule has 112 valence electrons. The number of phenolic OH excluding ortho intramolecular Hbond substituents is 1. The Labute approximate surface area is 123 Å². The second-order valence-corrected chi connectivity index (χ2v) is 6.47. The van der Waals surface area contributed by atoms with E-state index < -0.39 is 9.84 Å². The molecule has 1 heterocycles. The van der Waals surface area contributed by atoms with Crippen LogP contribution in [-0.2, 0) is 16.4 Å². The largest absolute Gasteiger partial charge is 0.504 e. The van der Waals surface area contributed by atoms with Gasteiger partial charge in [-0.1, -0.05) is 6.07 Å². The number of phenols is 1. The first-order valence-electron chi connectivity index (χ1n) is 6.16. The summed E-state index contributed by atoms with van der Waals surface area (Å²) in [7, 11) is -1.88. The lowest BCUT2D eigenvalue weighted by molar-refractivity contribution is 0.373. The van der Waals surface area contributed by atoms with E-state index in [1.165, 1.54) is 19.4 Å². The second-order valence-electron chi connectivity index (χ2n) is 4.48. The Bertz CT molecular complexity index is 744. The highest BCUT2D eigenvalue weighted by molar-refractivity contribution is 7.90. The molecule has 0 amide bonds. The van der Waals surface area contributed by atoms with Gasteiger partial charge in [0.25, 0.3) is 0 Å². The third-order valence-electron chi connectivity index (χ3n) is 2.87.